The summed E-state index contributed by atoms with van der Waals surface area (Å²) < 4.78 is 0. The van der Waals surface area contributed by atoms with Crippen molar-refractivity contribution in [1.29, 1.82) is 0 Å². The number of amides is 7. The summed E-state index contributed by atoms with van der Waals surface area (Å²) in [6.07, 6.45) is 12.5. The molecular formula is C103H125N17O7. The monoisotopic (exact) mass is 1710 g/mol. The maximum Gasteiger partial charge on any atom is 0.251 e. The number of nitrogens with zero attached hydrogens (tertiary/aromatic N) is 6. The van der Waals surface area contributed by atoms with Gasteiger partial charge in [0.05, 0.1) is 24.2 Å². The maximum absolute atomic E-state index is 14.1. The molecule has 0 aliphatic carbocycles. The zero-order chi connectivity index (χ0) is 89.2. The number of piperidine rings is 1. The number of nitrogens with two attached hydrogens (primary N) is 4. The van der Waals surface area contributed by atoms with Gasteiger partial charge in [-0.2, -0.15) is 0 Å². The van der Waals surface area contributed by atoms with E-state index in [-0.39, 0.29) is 89.4 Å². The van der Waals surface area contributed by atoms with E-state index in [1.54, 1.807) is 18.2 Å². The van der Waals surface area contributed by atoms with Gasteiger partial charge in [0.25, 0.3) is 17.7 Å². The van der Waals surface area contributed by atoms with Crippen molar-refractivity contribution >= 4 is 80.9 Å². The molecule has 24 nitrogen and oxygen atoms in total. The molecule has 7 amide bonds. The third-order valence-corrected chi connectivity index (χ3v) is 23.9. The van der Waals surface area contributed by atoms with E-state index in [4.69, 9.17) is 22.9 Å². The number of benzene rings is 10. The second-order valence-electron chi connectivity index (χ2n) is 33.7. The number of hydrogen-bond acceptors (Lipinski definition) is 13. The Morgan fingerprint density at radius 2 is 0.858 bits per heavy atom. The Labute approximate surface area is 747 Å². The highest BCUT2D eigenvalue weighted by molar-refractivity contribution is 6.00. The van der Waals surface area contributed by atoms with E-state index >= 15 is 0 Å². The normalized spacial score (nSPS) is 18.3. The lowest BCUT2D eigenvalue weighted by Gasteiger charge is -2.31. The molecule has 14 rings (SSSR count). The van der Waals surface area contributed by atoms with Crippen molar-refractivity contribution in [3.63, 3.8) is 0 Å². The van der Waals surface area contributed by atoms with E-state index in [0.717, 1.165) is 77.1 Å². The first kappa shape index (κ1) is 93.3. The summed E-state index contributed by atoms with van der Waals surface area (Å²) in [4.78, 5) is 110. The number of likely N-dealkylation sites (tertiary alicyclic amines) is 1. The molecule has 24 heteroatoms. The largest absolute Gasteiger partial charge is 0.370 e. The van der Waals surface area contributed by atoms with Crippen LogP contribution in [0, 0.1) is 20.8 Å². The molecule has 0 spiro atoms. The minimum atomic E-state index is -0.513. The second-order valence-corrected chi connectivity index (χ2v) is 33.7. The minimum absolute atomic E-state index is 0.0101. The van der Waals surface area contributed by atoms with Crippen LogP contribution in [0.3, 0.4) is 0 Å². The van der Waals surface area contributed by atoms with Crippen LogP contribution in [-0.2, 0) is 25.7 Å². The first-order chi connectivity index (χ1) is 61.7. The van der Waals surface area contributed by atoms with Gasteiger partial charge in [-0.3, -0.25) is 43.5 Å². The zero-order valence-electron chi connectivity index (χ0n) is 73.5. The van der Waals surface area contributed by atoms with Gasteiger partial charge in [0, 0.05) is 125 Å². The lowest BCUT2D eigenvalue weighted by atomic mass is 9.90. The van der Waals surface area contributed by atoms with Crippen molar-refractivity contribution < 1.29 is 33.6 Å². The standard InChI is InChI=1S/C37H46N4O2.C36H41N7O3.C30H38N6O2/c1-29-15-17-30(18-16-29)19-20-36(42)38-27-33-21-26-41(37(43)35(39-33)22-25-40-23-9-4-10-24-40)28-34(31-11-5-2-6-12-31)32-13-7-3-8-14-32;37-36(38)39-20-9-16-31-35(46)43(24-32(26-11-3-1-4-12-26)42-34(45)27-13-5-2-6-14-27)21-19-30(41-31)23-40-33(44)29-18-17-25-10-7-8-15-28(25)22-29;1-20-14-21(2)16-22(15-20)19-36-13-11-26(35-27(29(36)38)8-5-12-33-30(31)32)18-34-28(37)25-10-9-23-6-3-4-7-24(23)17-25/h2-3,5-8,11-20,33-35,39H,4,9-10,21-28H2,1H3,(H,38,42);1-8,10-15,17-18,22,30-32,41H,9,16,19-21,23-24H2,(H,40,44)(H,42,45)(H4,37,38,39);3-4,6-7,9-10,14-17,26-27,35H,5,8,11-13,18-19H2,1-2H3,(H,34,37)(H4,31,32,33)/b20-19+;;/t33-,35-;30-,31-,32+;26-,27-/m000/s1. The Hall–Kier alpha value is -12.9. The minimum Gasteiger partial charge on any atom is -0.370 e. The molecule has 4 aliphatic rings. The number of carbonyl (C=O) groups excluding carboxylic acids is 7. The van der Waals surface area contributed by atoms with E-state index in [2.05, 4.69) is 145 Å². The van der Waals surface area contributed by atoms with Gasteiger partial charge in [0.1, 0.15) is 0 Å². The summed E-state index contributed by atoms with van der Waals surface area (Å²) in [5.74, 6) is -0.293. The number of nitrogens with one attached hydrogen (secondary N) is 7. The number of rotatable bonds is 32. The number of carbonyl (C=O) groups is 7. The summed E-state index contributed by atoms with van der Waals surface area (Å²) in [5, 5.41) is 27.2. The first-order valence-electron chi connectivity index (χ1n) is 44.8. The topological polar surface area (TPSA) is 345 Å². The van der Waals surface area contributed by atoms with Gasteiger partial charge in [-0.05, 0) is 190 Å². The average molecular weight is 1710 g/mol. The average Bonchev–Trinajstić information content (AvgIpc) is 1.63. The van der Waals surface area contributed by atoms with Crippen LogP contribution in [0.25, 0.3) is 27.6 Å². The fourth-order valence-corrected chi connectivity index (χ4v) is 17.1. The number of aliphatic imine (C=N–C) groups is 2. The van der Waals surface area contributed by atoms with Crippen molar-refractivity contribution in [2.45, 2.75) is 146 Å². The molecule has 0 saturated carbocycles. The van der Waals surface area contributed by atoms with E-state index < -0.39 is 12.1 Å². The van der Waals surface area contributed by atoms with Crippen molar-refractivity contribution in [2.75, 3.05) is 85.1 Å². The van der Waals surface area contributed by atoms with Crippen molar-refractivity contribution in [3.05, 3.63) is 316 Å². The summed E-state index contributed by atoms with van der Waals surface area (Å²) in [7, 11) is 0. The highest BCUT2D eigenvalue weighted by atomic mass is 16.2. The Morgan fingerprint density at radius 1 is 0.425 bits per heavy atom. The number of guanidine groups is 2. The van der Waals surface area contributed by atoms with Crippen LogP contribution >= 0.6 is 0 Å². The third-order valence-electron chi connectivity index (χ3n) is 23.9. The van der Waals surface area contributed by atoms with Crippen LogP contribution in [0.1, 0.15) is 158 Å². The molecule has 4 heterocycles. The predicted octanol–water partition coefficient (Wildman–Crippen LogP) is 11.7. The molecular weight excluding hydrogens is 1590 g/mol. The summed E-state index contributed by atoms with van der Waals surface area (Å²) in [5.41, 5.74) is 32.7. The fourth-order valence-electron chi connectivity index (χ4n) is 17.1. The molecule has 10 aromatic carbocycles. The SMILES string of the molecule is Cc1cc(C)cc(CN2CC[C@@H](CNC(=O)c3ccc4ccccc4c3)N[C@@H](CCCN=C(N)N)C2=O)c1.Cc1ccc(/C=C/C(=O)NC[C@@H]2CCN(CC(c3ccccc3)c3ccccc3)C(=O)[C@H](CCN3CCCCC3)N2)cc1.NC(N)=NCCC[C@@H]1N[C@H](CNC(=O)c2ccc3ccccc3c2)CCN(C[C@@H](NC(=O)c2ccccc2)c2ccccc2)C1=O. The van der Waals surface area contributed by atoms with Crippen molar-refractivity contribution in [3.8, 4) is 0 Å². The van der Waals surface area contributed by atoms with Gasteiger partial charge in [0.2, 0.25) is 23.6 Å². The van der Waals surface area contributed by atoms with Crippen LogP contribution in [0.5, 0.6) is 0 Å². The predicted molar refractivity (Wildman–Crippen MR) is 509 cm³/mol. The molecule has 7 atom stereocenters. The summed E-state index contributed by atoms with van der Waals surface area (Å²) in [6, 6.07) is 79.7. The van der Waals surface area contributed by atoms with E-state index in [0.29, 0.717) is 121 Å². The Morgan fingerprint density at radius 3 is 1.35 bits per heavy atom. The van der Waals surface area contributed by atoms with Gasteiger partial charge >= 0.3 is 0 Å². The van der Waals surface area contributed by atoms with Crippen LogP contribution in [0.4, 0.5) is 0 Å². The molecule has 10 aromatic rings. The summed E-state index contributed by atoms with van der Waals surface area (Å²) in [6.45, 7) is 14.7. The van der Waals surface area contributed by atoms with Gasteiger partial charge in [-0.1, -0.05) is 235 Å². The number of fused-ring (bicyclic) bond motifs is 2. The van der Waals surface area contributed by atoms with Crippen LogP contribution in [0.2, 0.25) is 0 Å². The molecule has 0 radical (unpaired) electrons. The van der Waals surface area contributed by atoms with Crippen molar-refractivity contribution in [2.24, 2.45) is 32.9 Å². The zero-order valence-corrected chi connectivity index (χ0v) is 73.5. The molecule has 127 heavy (non-hydrogen) atoms. The van der Waals surface area contributed by atoms with Crippen LogP contribution in [0.15, 0.2) is 265 Å². The van der Waals surface area contributed by atoms with E-state index in [9.17, 15) is 33.6 Å². The molecule has 0 aromatic heterocycles. The lowest BCUT2D eigenvalue weighted by Crippen LogP contribution is -2.50. The lowest BCUT2D eigenvalue weighted by molar-refractivity contribution is -0.134. The Bertz CT molecular complexity index is 5280. The van der Waals surface area contributed by atoms with Crippen LogP contribution in [-0.4, -0.2) is 194 Å². The van der Waals surface area contributed by atoms with E-state index in [1.165, 1.54) is 47.1 Å². The fraction of sp³-hybridized carbons (Fsp3) is 0.350. The Balaban J connectivity index is 0.000000174. The second kappa shape index (κ2) is 48.0. The van der Waals surface area contributed by atoms with Crippen LogP contribution < -0.4 is 60.2 Å². The molecule has 664 valence electrons. The third kappa shape index (κ3) is 29.1. The Kier molecular flexibility index (Phi) is 35.3. The molecule has 4 saturated heterocycles. The molecule has 0 bridgehead atoms. The molecule has 15 N–H and O–H groups in total. The molecule has 4 aliphatic heterocycles. The number of aryl methyl sites for hydroxylation is 3. The number of hydrogen-bond donors (Lipinski definition) is 11. The van der Waals surface area contributed by atoms with Gasteiger partial charge in [-0.15, -0.1) is 0 Å². The van der Waals surface area contributed by atoms with Gasteiger partial charge in [-0.25, -0.2) is 0 Å². The highest BCUT2D eigenvalue weighted by Crippen LogP contribution is 2.29. The van der Waals surface area contributed by atoms with E-state index in [1.807, 2.05) is 186 Å². The smallest absolute Gasteiger partial charge is 0.251 e. The maximum atomic E-state index is 14.1. The first-order valence-corrected chi connectivity index (χ1v) is 44.8. The molecule has 0 unspecified atom stereocenters. The van der Waals surface area contributed by atoms with Gasteiger partial charge < -0.3 is 79.8 Å². The quantitative estimate of drug-likeness (QED) is 0.00808. The molecule has 4 fully saturated rings. The van der Waals surface area contributed by atoms with Gasteiger partial charge in [0.15, 0.2) is 11.9 Å². The highest BCUT2D eigenvalue weighted by Gasteiger charge is 2.37. The summed E-state index contributed by atoms with van der Waals surface area (Å²) >= 11 is 0. The van der Waals surface area contributed by atoms with Crippen molar-refractivity contribution in [1.82, 2.24) is 56.8 Å².